The Morgan fingerprint density at radius 3 is 3.13 bits per heavy atom. The summed E-state index contributed by atoms with van der Waals surface area (Å²) in [5.74, 6) is -0.442. The van der Waals surface area contributed by atoms with E-state index < -0.39 is 5.91 Å². The number of aromatic nitrogens is 2. The monoisotopic (exact) mass is 330 g/mol. The molecule has 1 unspecified atom stereocenters. The summed E-state index contributed by atoms with van der Waals surface area (Å²) >= 11 is 1.45. The van der Waals surface area contributed by atoms with Crippen LogP contribution in [0.4, 0.5) is 0 Å². The third kappa shape index (κ3) is 3.14. The average Bonchev–Trinajstić information content (AvgIpc) is 3.22. The van der Waals surface area contributed by atoms with Crippen molar-refractivity contribution in [3.63, 3.8) is 0 Å². The Balaban J connectivity index is 2.00. The van der Waals surface area contributed by atoms with Gasteiger partial charge in [0.25, 0.3) is 5.91 Å². The van der Waals surface area contributed by atoms with Gasteiger partial charge in [-0.05, 0) is 25.8 Å². The molecule has 2 aromatic heterocycles. The summed E-state index contributed by atoms with van der Waals surface area (Å²) in [4.78, 5) is 16.2. The van der Waals surface area contributed by atoms with Crippen LogP contribution in [0.3, 0.4) is 0 Å². The normalized spacial score (nSPS) is 17.3. The molecule has 1 saturated heterocycles. The third-order valence-electron chi connectivity index (χ3n) is 4.09. The van der Waals surface area contributed by atoms with Crippen LogP contribution in [0.5, 0.6) is 0 Å². The second kappa shape index (κ2) is 6.52. The first-order chi connectivity index (χ1) is 11.1. The highest BCUT2D eigenvalue weighted by Crippen LogP contribution is 2.29. The highest BCUT2D eigenvalue weighted by Gasteiger charge is 2.23. The molecule has 2 N–H and O–H groups in total. The number of carbonyl (C=O) groups excluding carboxylic acids is 1. The average molecular weight is 330 g/mol. The van der Waals surface area contributed by atoms with E-state index >= 15 is 0 Å². The molecule has 0 spiro atoms. The van der Waals surface area contributed by atoms with Gasteiger partial charge in [0.1, 0.15) is 5.01 Å². The van der Waals surface area contributed by atoms with Crippen molar-refractivity contribution in [3.05, 3.63) is 27.7 Å². The van der Waals surface area contributed by atoms with Crippen LogP contribution >= 0.6 is 11.3 Å². The number of ether oxygens (including phenoxy) is 1. The number of amides is 1. The van der Waals surface area contributed by atoms with Crippen LogP contribution in [0, 0.1) is 18.3 Å². The van der Waals surface area contributed by atoms with E-state index in [0.29, 0.717) is 18.5 Å². The van der Waals surface area contributed by atoms with E-state index in [-0.39, 0.29) is 6.10 Å². The zero-order valence-corrected chi connectivity index (χ0v) is 13.7. The first kappa shape index (κ1) is 15.7. The van der Waals surface area contributed by atoms with Crippen molar-refractivity contribution in [2.45, 2.75) is 38.8 Å². The lowest BCUT2D eigenvalue weighted by atomic mass is 10.2. The highest BCUT2D eigenvalue weighted by molar-refractivity contribution is 7.10. The summed E-state index contributed by atoms with van der Waals surface area (Å²) in [6.07, 6.45) is 2.52. The predicted molar refractivity (Wildman–Crippen MR) is 87.1 cm³/mol. The van der Waals surface area contributed by atoms with Gasteiger partial charge in [0.2, 0.25) is 0 Å². The molecule has 23 heavy (non-hydrogen) atoms. The van der Waals surface area contributed by atoms with Crippen LogP contribution in [0.15, 0.2) is 11.4 Å². The minimum atomic E-state index is -0.442. The second-order valence-electron chi connectivity index (χ2n) is 5.60. The first-order valence-electron chi connectivity index (χ1n) is 7.53. The van der Waals surface area contributed by atoms with E-state index in [1.165, 1.54) is 11.3 Å². The Morgan fingerprint density at radius 2 is 2.48 bits per heavy atom. The van der Waals surface area contributed by atoms with Crippen molar-refractivity contribution >= 4 is 17.2 Å². The van der Waals surface area contributed by atoms with Crippen molar-refractivity contribution in [1.82, 2.24) is 9.55 Å². The van der Waals surface area contributed by atoms with Gasteiger partial charge in [-0.2, -0.15) is 5.26 Å². The number of hydrogen-bond donors (Lipinski definition) is 1. The van der Waals surface area contributed by atoms with E-state index in [1.807, 2.05) is 12.3 Å². The quantitative estimate of drug-likeness (QED) is 0.910. The fourth-order valence-corrected chi connectivity index (χ4v) is 3.63. The van der Waals surface area contributed by atoms with Gasteiger partial charge < -0.3 is 15.0 Å². The van der Waals surface area contributed by atoms with Crippen molar-refractivity contribution in [2.75, 3.05) is 6.61 Å². The van der Waals surface area contributed by atoms with Crippen LogP contribution < -0.4 is 5.73 Å². The Bertz CT molecular complexity index is 766. The van der Waals surface area contributed by atoms with Crippen LogP contribution in [0.2, 0.25) is 0 Å². The fourth-order valence-electron chi connectivity index (χ4n) is 2.91. The number of nitriles is 1. The number of nitrogens with zero attached hydrogens (tertiary/aromatic N) is 3. The van der Waals surface area contributed by atoms with E-state index in [1.54, 1.807) is 6.07 Å². The topological polar surface area (TPSA) is 93.9 Å². The van der Waals surface area contributed by atoms with Crippen molar-refractivity contribution in [1.29, 1.82) is 5.26 Å². The summed E-state index contributed by atoms with van der Waals surface area (Å²) in [6.45, 7) is 3.35. The van der Waals surface area contributed by atoms with Gasteiger partial charge in [-0.3, -0.25) is 4.79 Å². The molecule has 2 aromatic rings. The van der Waals surface area contributed by atoms with Crippen LogP contribution in [-0.4, -0.2) is 28.2 Å². The second-order valence-corrected chi connectivity index (χ2v) is 6.54. The maximum atomic E-state index is 11.7. The van der Waals surface area contributed by atoms with E-state index in [0.717, 1.165) is 41.5 Å². The molecular weight excluding hydrogens is 312 g/mol. The summed E-state index contributed by atoms with van der Waals surface area (Å²) in [5, 5.41) is 11.5. The fraction of sp³-hybridized carbons (Fsp3) is 0.438. The minimum absolute atomic E-state index is 0.151. The number of primary amides is 1. The molecular formula is C16H18N4O2S. The SMILES string of the molecule is Cc1c(C(N)=O)cc(-c2csc(CC#N)n2)n1CC1CCCO1. The van der Waals surface area contributed by atoms with Gasteiger partial charge in [-0.25, -0.2) is 4.98 Å². The number of rotatable bonds is 5. The summed E-state index contributed by atoms with van der Waals surface area (Å²) in [7, 11) is 0. The molecule has 120 valence electrons. The molecule has 6 nitrogen and oxygen atoms in total. The maximum Gasteiger partial charge on any atom is 0.250 e. The van der Waals surface area contributed by atoms with Gasteiger partial charge in [-0.15, -0.1) is 11.3 Å². The van der Waals surface area contributed by atoms with Crippen LogP contribution in [0.1, 0.15) is 33.9 Å². The molecule has 3 heterocycles. The number of carbonyl (C=O) groups is 1. The molecule has 0 bridgehead atoms. The maximum absolute atomic E-state index is 11.7. The lowest BCUT2D eigenvalue weighted by Crippen LogP contribution is -2.18. The van der Waals surface area contributed by atoms with Gasteiger partial charge in [0.05, 0.1) is 35.5 Å². The molecule has 0 saturated carbocycles. The Hall–Kier alpha value is -2.17. The molecule has 3 rings (SSSR count). The molecule has 1 fully saturated rings. The summed E-state index contributed by atoms with van der Waals surface area (Å²) in [6, 6.07) is 3.89. The van der Waals surface area contributed by atoms with E-state index in [4.69, 9.17) is 15.7 Å². The van der Waals surface area contributed by atoms with Gasteiger partial charge >= 0.3 is 0 Å². The molecule has 1 aliphatic heterocycles. The molecule has 1 atom stereocenters. The van der Waals surface area contributed by atoms with Gasteiger partial charge in [0, 0.05) is 24.2 Å². The van der Waals surface area contributed by atoms with Crippen molar-refractivity contribution < 1.29 is 9.53 Å². The number of hydrogen-bond acceptors (Lipinski definition) is 5. The summed E-state index contributed by atoms with van der Waals surface area (Å²) in [5.41, 5.74) is 8.46. The Morgan fingerprint density at radius 1 is 1.65 bits per heavy atom. The molecule has 0 radical (unpaired) electrons. The standard InChI is InChI=1S/C16H18N4O2S/c1-10-12(16(18)21)7-14(13-9-23-15(19-13)4-5-17)20(10)8-11-3-2-6-22-11/h7,9,11H,2-4,6,8H2,1H3,(H2,18,21). The van der Waals surface area contributed by atoms with E-state index in [2.05, 4.69) is 15.6 Å². The van der Waals surface area contributed by atoms with Gasteiger partial charge in [0.15, 0.2) is 0 Å². The summed E-state index contributed by atoms with van der Waals surface area (Å²) < 4.78 is 7.78. The zero-order chi connectivity index (χ0) is 16.4. The van der Waals surface area contributed by atoms with Crippen molar-refractivity contribution in [3.8, 4) is 17.5 Å². The third-order valence-corrected chi connectivity index (χ3v) is 4.94. The molecule has 0 aliphatic carbocycles. The highest BCUT2D eigenvalue weighted by atomic mass is 32.1. The van der Waals surface area contributed by atoms with Crippen LogP contribution in [-0.2, 0) is 17.7 Å². The lowest BCUT2D eigenvalue weighted by molar-refractivity contribution is 0.0961. The lowest BCUT2D eigenvalue weighted by Gasteiger charge is -2.15. The Kier molecular flexibility index (Phi) is 4.46. The molecule has 7 heteroatoms. The number of nitrogens with two attached hydrogens (primary N) is 1. The van der Waals surface area contributed by atoms with Crippen LogP contribution in [0.25, 0.3) is 11.4 Å². The first-order valence-corrected chi connectivity index (χ1v) is 8.41. The minimum Gasteiger partial charge on any atom is -0.376 e. The van der Waals surface area contributed by atoms with E-state index in [9.17, 15) is 4.79 Å². The predicted octanol–water partition coefficient (Wildman–Crippen LogP) is 2.26. The Labute approximate surface area is 138 Å². The largest absolute Gasteiger partial charge is 0.376 e. The molecule has 1 aliphatic rings. The molecule has 1 amide bonds. The van der Waals surface area contributed by atoms with Crippen molar-refractivity contribution in [2.24, 2.45) is 5.73 Å². The molecule has 0 aromatic carbocycles. The van der Waals surface area contributed by atoms with Gasteiger partial charge in [-0.1, -0.05) is 0 Å². The zero-order valence-electron chi connectivity index (χ0n) is 12.9. The number of thiazole rings is 1. The smallest absolute Gasteiger partial charge is 0.250 e.